The molecule has 0 unspecified atom stereocenters. The minimum Gasteiger partial charge on any atom is -0.444 e. The van der Waals surface area contributed by atoms with Crippen molar-refractivity contribution in [3.63, 3.8) is 0 Å². The van der Waals surface area contributed by atoms with Crippen LogP contribution in [0.15, 0.2) is 30.5 Å². The van der Waals surface area contributed by atoms with Gasteiger partial charge in [-0.2, -0.15) is 0 Å². The van der Waals surface area contributed by atoms with E-state index in [1.807, 2.05) is 29.2 Å². The van der Waals surface area contributed by atoms with Crippen molar-refractivity contribution in [1.82, 2.24) is 24.3 Å². The summed E-state index contributed by atoms with van der Waals surface area (Å²) in [6.07, 6.45) is 1.41. The predicted octanol–water partition coefficient (Wildman–Crippen LogP) is 1.07. The summed E-state index contributed by atoms with van der Waals surface area (Å²) in [6, 6.07) is 8.09. The Morgan fingerprint density at radius 1 is 1.10 bits per heavy atom. The average Bonchev–Trinajstić information content (AvgIpc) is 3.13. The third-order valence-electron chi connectivity index (χ3n) is 5.61. The Balaban J connectivity index is 1.35. The molecule has 0 spiro atoms. The Bertz CT molecular complexity index is 905. The number of rotatable bonds is 4. The number of amides is 1. The van der Waals surface area contributed by atoms with Gasteiger partial charge < -0.3 is 24.7 Å². The van der Waals surface area contributed by atoms with Gasteiger partial charge in [0.15, 0.2) is 0 Å². The van der Waals surface area contributed by atoms with E-state index in [-0.39, 0.29) is 11.7 Å². The van der Waals surface area contributed by atoms with E-state index < -0.39 is 4.92 Å². The number of imidazole rings is 1. The molecular weight excluding hydrogens is 388 g/mol. The van der Waals surface area contributed by atoms with Gasteiger partial charge in [0.05, 0.1) is 0 Å². The monoisotopic (exact) mass is 414 g/mol. The fourth-order valence-electron chi connectivity index (χ4n) is 3.74. The lowest BCUT2D eigenvalue weighted by molar-refractivity contribution is -0.389. The van der Waals surface area contributed by atoms with E-state index in [1.165, 1.54) is 6.20 Å². The highest BCUT2D eigenvalue weighted by Gasteiger charge is 2.23. The predicted molar refractivity (Wildman–Crippen MR) is 109 cm³/mol. The Morgan fingerprint density at radius 3 is 2.53 bits per heavy atom. The van der Waals surface area contributed by atoms with E-state index in [1.54, 1.807) is 4.57 Å². The summed E-state index contributed by atoms with van der Waals surface area (Å²) in [4.78, 5) is 33.4. The first-order valence-corrected chi connectivity index (χ1v) is 10.1. The smallest absolute Gasteiger partial charge is 0.414 e. The molecule has 4 rings (SSSR count). The fraction of sp³-hybridized carbons (Fsp3) is 0.500. The largest absolute Gasteiger partial charge is 0.444 e. The lowest BCUT2D eigenvalue weighted by Gasteiger charge is -2.32. The van der Waals surface area contributed by atoms with Crippen molar-refractivity contribution >= 4 is 11.7 Å². The molecule has 0 aliphatic carbocycles. The summed E-state index contributed by atoms with van der Waals surface area (Å²) < 4.78 is 7.29. The molecule has 160 valence electrons. The number of carbonyl (C=O) groups is 1. The van der Waals surface area contributed by atoms with E-state index in [0.29, 0.717) is 25.7 Å². The molecule has 1 amide bonds. The van der Waals surface area contributed by atoms with Crippen molar-refractivity contribution in [3.8, 4) is 6.01 Å². The van der Waals surface area contributed by atoms with Crippen LogP contribution in [0.3, 0.4) is 0 Å². The van der Waals surface area contributed by atoms with Crippen LogP contribution in [0.1, 0.15) is 15.9 Å². The number of nitro groups is 1. The molecule has 0 saturated carbocycles. The minimum atomic E-state index is -0.510. The maximum atomic E-state index is 12.7. The standard InChI is InChI=1S/C20H26N6O4/c1-22-6-9-24(10-7-22)19(27)17-4-2-16(3-5-17)14-23-8-11-25-15-18(26(28)29)21-20(25)30-13-12-23/h2-5,15H,6-14H2,1H3. The minimum absolute atomic E-state index is 0.0866. The van der Waals surface area contributed by atoms with E-state index in [2.05, 4.69) is 21.8 Å². The molecule has 1 fully saturated rings. The van der Waals surface area contributed by atoms with Gasteiger partial charge in [0.25, 0.3) is 5.91 Å². The molecule has 1 aromatic carbocycles. The first-order valence-electron chi connectivity index (χ1n) is 10.1. The summed E-state index contributed by atoms with van der Waals surface area (Å²) >= 11 is 0. The molecule has 0 atom stereocenters. The highest BCUT2D eigenvalue weighted by molar-refractivity contribution is 5.94. The van der Waals surface area contributed by atoms with Crippen molar-refractivity contribution in [3.05, 3.63) is 51.7 Å². The van der Waals surface area contributed by atoms with Gasteiger partial charge in [0, 0.05) is 62.9 Å². The second-order valence-electron chi connectivity index (χ2n) is 7.75. The molecule has 0 bridgehead atoms. The van der Waals surface area contributed by atoms with E-state index >= 15 is 0 Å². The molecule has 2 aliphatic heterocycles. The number of carbonyl (C=O) groups excluding carboxylic acids is 1. The lowest BCUT2D eigenvalue weighted by Crippen LogP contribution is -2.47. The van der Waals surface area contributed by atoms with E-state index in [0.717, 1.165) is 50.4 Å². The second kappa shape index (κ2) is 8.80. The number of hydrogen-bond donors (Lipinski definition) is 0. The van der Waals surface area contributed by atoms with Gasteiger partial charge in [-0.1, -0.05) is 12.1 Å². The van der Waals surface area contributed by atoms with Crippen LogP contribution >= 0.6 is 0 Å². The fourth-order valence-corrected chi connectivity index (χ4v) is 3.74. The van der Waals surface area contributed by atoms with Crippen LogP contribution < -0.4 is 4.74 Å². The number of hydrogen-bond acceptors (Lipinski definition) is 7. The number of nitrogens with zero attached hydrogens (tertiary/aromatic N) is 6. The zero-order valence-corrected chi connectivity index (χ0v) is 17.1. The molecule has 1 aromatic heterocycles. The van der Waals surface area contributed by atoms with Gasteiger partial charge in [0.1, 0.15) is 12.8 Å². The second-order valence-corrected chi connectivity index (χ2v) is 7.75. The van der Waals surface area contributed by atoms with Crippen molar-refractivity contribution in [2.45, 2.75) is 13.1 Å². The molecule has 10 nitrogen and oxygen atoms in total. The van der Waals surface area contributed by atoms with Crippen LogP contribution in [0.2, 0.25) is 0 Å². The highest BCUT2D eigenvalue weighted by Crippen LogP contribution is 2.19. The molecule has 2 aliphatic rings. The third-order valence-corrected chi connectivity index (χ3v) is 5.61. The molecule has 3 heterocycles. The number of benzene rings is 1. The number of ether oxygens (including phenoxy) is 1. The summed E-state index contributed by atoms with van der Waals surface area (Å²) in [7, 11) is 2.07. The Morgan fingerprint density at radius 2 is 1.83 bits per heavy atom. The number of aromatic nitrogens is 2. The van der Waals surface area contributed by atoms with Crippen LogP contribution in [0, 0.1) is 10.1 Å². The SMILES string of the molecule is CN1CCN(C(=O)c2ccc(CN3CCOc4nc([N+](=O)[O-])cn4CC3)cc2)CC1. The molecule has 1 saturated heterocycles. The summed E-state index contributed by atoms with van der Waals surface area (Å²) in [6.45, 7) is 6.46. The van der Waals surface area contributed by atoms with Crippen molar-refractivity contribution in [1.29, 1.82) is 0 Å². The zero-order chi connectivity index (χ0) is 21.1. The van der Waals surface area contributed by atoms with E-state index in [9.17, 15) is 14.9 Å². The Kier molecular flexibility index (Phi) is 5.96. The average molecular weight is 414 g/mol. The molecule has 2 aromatic rings. The van der Waals surface area contributed by atoms with Crippen LogP contribution in [-0.4, -0.2) is 88.0 Å². The molecular formula is C20H26N6O4. The van der Waals surface area contributed by atoms with Gasteiger partial charge in [-0.25, -0.2) is 0 Å². The Hall–Kier alpha value is -2.98. The summed E-state index contributed by atoms with van der Waals surface area (Å²) in [5.41, 5.74) is 1.83. The maximum absolute atomic E-state index is 12.7. The van der Waals surface area contributed by atoms with Gasteiger partial charge in [-0.15, -0.1) is 0 Å². The normalized spacial score (nSPS) is 18.2. The summed E-state index contributed by atoms with van der Waals surface area (Å²) in [5, 5.41) is 10.9. The van der Waals surface area contributed by atoms with E-state index in [4.69, 9.17) is 4.74 Å². The third kappa shape index (κ3) is 4.60. The lowest BCUT2D eigenvalue weighted by atomic mass is 10.1. The van der Waals surface area contributed by atoms with Gasteiger partial charge in [0.2, 0.25) is 0 Å². The molecule has 30 heavy (non-hydrogen) atoms. The molecule has 0 N–H and O–H groups in total. The van der Waals surface area contributed by atoms with Gasteiger partial charge >= 0.3 is 11.8 Å². The van der Waals surface area contributed by atoms with Crippen molar-refractivity contribution < 1.29 is 14.5 Å². The quantitative estimate of drug-likeness (QED) is 0.545. The summed E-state index contributed by atoms with van der Waals surface area (Å²) in [5.74, 6) is -0.109. The molecule has 10 heteroatoms. The van der Waals surface area contributed by atoms with Crippen molar-refractivity contribution in [2.24, 2.45) is 0 Å². The highest BCUT2D eigenvalue weighted by atomic mass is 16.6. The Labute approximate surface area is 174 Å². The van der Waals surface area contributed by atoms with Gasteiger partial charge in [-0.05, 0) is 29.7 Å². The maximum Gasteiger partial charge on any atom is 0.414 e. The van der Waals surface area contributed by atoms with Crippen LogP contribution in [0.5, 0.6) is 6.01 Å². The van der Waals surface area contributed by atoms with Crippen LogP contribution in [0.4, 0.5) is 5.82 Å². The number of likely N-dealkylation sites (N-methyl/N-ethyl adjacent to an activating group) is 1. The van der Waals surface area contributed by atoms with Crippen LogP contribution in [-0.2, 0) is 13.1 Å². The molecule has 0 radical (unpaired) electrons. The van der Waals surface area contributed by atoms with Gasteiger partial charge in [-0.3, -0.25) is 14.3 Å². The van der Waals surface area contributed by atoms with Crippen LogP contribution in [0.25, 0.3) is 0 Å². The first kappa shape index (κ1) is 20.3. The van der Waals surface area contributed by atoms with Crippen molar-refractivity contribution in [2.75, 3.05) is 52.9 Å². The topological polar surface area (TPSA) is 97.0 Å². The number of fused-ring (bicyclic) bond motifs is 1. The number of piperazine rings is 1. The first-order chi connectivity index (χ1) is 14.5. The zero-order valence-electron chi connectivity index (χ0n) is 17.1.